The number of nitrogen functional groups attached to an aromatic ring is 1. The molecule has 1 heterocycles. The first-order valence-electron chi connectivity index (χ1n) is 5.47. The number of hydrogen-bond acceptors (Lipinski definition) is 5. The Bertz CT molecular complexity index is 441. The van der Waals surface area contributed by atoms with Crippen LogP contribution in [0.2, 0.25) is 0 Å². The van der Waals surface area contributed by atoms with E-state index in [-0.39, 0.29) is 12.5 Å². The zero-order chi connectivity index (χ0) is 13.7. The van der Waals surface area contributed by atoms with Gasteiger partial charge in [0.1, 0.15) is 11.5 Å². The topological polar surface area (TPSA) is 101 Å². The van der Waals surface area contributed by atoms with Gasteiger partial charge < -0.3 is 9.73 Å². The highest BCUT2D eigenvalue weighted by molar-refractivity contribution is 5.94. The number of nitrogens with two attached hydrogens (primary N) is 1. The lowest BCUT2D eigenvalue weighted by atomic mass is 10.2. The minimum absolute atomic E-state index is 0.0827. The van der Waals surface area contributed by atoms with E-state index in [9.17, 15) is 9.59 Å². The lowest BCUT2D eigenvalue weighted by Gasteiger charge is -2.13. The van der Waals surface area contributed by atoms with Crippen LogP contribution in [0.15, 0.2) is 10.5 Å². The average molecular weight is 254 g/mol. The van der Waals surface area contributed by atoms with Crippen molar-refractivity contribution in [2.45, 2.75) is 13.5 Å². The van der Waals surface area contributed by atoms with Gasteiger partial charge in [0.05, 0.1) is 18.7 Å². The van der Waals surface area contributed by atoms with Crippen molar-refractivity contribution in [1.29, 1.82) is 0 Å². The summed E-state index contributed by atoms with van der Waals surface area (Å²) in [6, 6.07) is 1.62. The van der Waals surface area contributed by atoms with Crippen LogP contribution >= 0.6 is 0 Å². The second-order valence-electron chi connectivity index (χ2n) is 4.00. The third-order valence-corrected chi connectivity index (χ3v) is 2.46. The number of carbonyl (C=O) groups is 2. The molecule has 2 amide bonds. The fourth-order valence-electron chi connectivity index (χ4n) is 1.57. The second kappa shape index (κ2) is 6.18. The molecule has 1 aromatic rings. The van der Waals surface area contributed by atoms with Crippen molar-refractivity contribution in [1.82, 2.24) is 15.6 Å². The SMILES string of the molecule is CNC(=O)CN(C)Cc1cc(C(=O)NN)c(C)o1. The fraction of sp³-hybridized carbons (Fsp3) is 0.455. The van der Waals surface area contributed by atoms with Crippen molar-refractivity contribution in [3.8, 4) is 0 Å². The molecule has 0 saturated carbocycles. The number of hydrazine groups is 1. The van der Waals surface area contributed by atoms with Crippen molar-refractivity contribution >= 4 is 11.8 Å². The van der Waals surface area contributed by atoms with E-state index in [0.717, 1.165) is 0 Å². The number of nitrogens with one attached hydrogen (secondary N) is 2. The van der Waals surface area contributed by atoms with Gasteiger partial charge in [0.15, 0.2) is 0 Å². The smallest absolute Gasteiger partial charge is 0.268 e. The van der Waals surface area contributed by atoms with Crippen LogP contribution in [-0.4, -0.2) is 37.4 Å². The van der Waals surface area contributed by atoms with Crippen LogP contribution in [0, 0.1) is 6.92 Å². The molecule has 0 radical (unpaired) electrons. The third kappa shape index (κ3) is 3.57. The van der Waals surface area contributed by atoms with Crippen molar-refractivity contribution in [2.24, 2.45) is 5.84 Å². The van der Waals surface area contributed by atoms with Gasteiger partial charge in [0, 0.05) is 7.05 Å². The Labute approximate surface area is 105 Å². The number of rotatable bonds is 5. The summed E-state index contributed by atoms with van der Waals surface area (Å²) in [6.45, 7) is 2.38. The third-order valence-electron chi connectivity index (χ3n) is 2.46. The van der Waals surface area contributed by atoms with Gasteiger partial charge in [0.25, 0.3) is 5.91 Å². The lowest BCUT2D eigenvalue weighted by Crippen LogP contribution is -2.32. The molecule has 0 spiro atoms. The Morgan fingerprint density at radius 2 is 2.17 bits per heavy atom. The molecule has 100 valence electrons. The number of carbonyl (C=O) groups excluding carboxylic acids is 2. The Balaban J connectivity index is 2.68. The van der Waals surface area contributed by atoms with Crippen molar-refractivity contribution in [2.75, 3.05) is 20.6 Å². The zero-order valence-electron chi connectivity index (χ0n) is 10.7. The fourth-order valence-corrected chi connectivity index (χ4v) is 1.57. The van der Waals surface area contributed by atoms with Crippen LogP contribution in [0.1, 0.15) is 21.9 Å². The van der Waals surface area contributed by atoms with E-state index in [1.54, 1.807) is 32.0 Å². The van der Waals surface area contributed by atoms with Crippen LogP contribution in [-0.2, 0) is 11.3 Å². The van der Waals surface area contributed by atoms with Crippen LogP contribution < -0.4 is 16.6 Å². The highest BCUT2D eigenvalue weighted by Crippen LogP contribution is 2.15. The van der Waals surface area contributed by atoms with E-state index in [1.165, 1.54) is 0 Å². The van der Waals surface area contributed by atoms with E-state index in [4.69, 9.17) is 10.3 Å². The Hall–Kier alpha value is -1.86. The summed E-state index contributed by atoms with van der Waals surface area (Å²) in [7, 11) is 3.37. The number of amides is 2. The lowest BCUT2D eigenvalue weighted by molar-refractivity contribution is -0.121. The molecule has 0 aliphatic carbocycles. The van der Waals surface area contributed by atoms with Gasteiger partial charge in [-0.3, -0.25) is 19.9 Å². The minimum atomic E-state index is -0.392. The standard InChI is InChI=1S/C11H18N4O3/c1-7-9(11(17)14-12)4-8(18-7)5-15(3)6-10(16)13-2/h4H,5-6,12H2,1-3H3,(H,13,16)(H,14,17). The van der Waals surface area contributed by atoms with Crippen LogP contribution in [0.5, 0.6) is 0 Å². The van der Waals surface area contributed by atoms with Crippen LogP contribution in [0.25, 0.3) is 0 Å². The molecule has 0 unspecified atom stereocenters. The molecule has 18 heavy (non-hydrogen) atoms. The molecule has 0 fully saturated rings. The molecule has 4 N–H and O–H groups in total. The van der Waals surface area contributed by atoms with E-state index in [1.807, 2.05) is 0 Å². The molecular formula is C11H18N4O3. The summed E-state index contributed by atoms with van der Waals surface area (Å²) >= 11 is 0. The summed E-state index contributed by atoms with van der Waals surface area (Å²) in [5.74, 6) is 5.70. The summed E-state index contributed by atoms with van der Waals surface area (Å²) in [6.07, 6.45) is 0. The largest absolute Gasteiger partial charge is 0.464 e. The molecule has 0 saturated heterocycles. The maximum absolute atomic E-state index is 11.4. The van der Waals surface area contributed by atoms with Gasteiger partial charge >= 0.3 is 0 Å². The van der Waals surface area contributed by atoms with Gasteiger partial charge in [0.2, 0.25) is 5.91 Å². The zero-order valence-corrected chi connectivity index (χ0v) is 10.7. The van der Waals surface area contributed by atoms with E-state index in [0.29, 0.717) is 23.6 Å². The van der Waals surface area contributed by atoms with Gasteiger partial charge in [-0.2, -0.15) is 0 Å². The monoisotopic (exact) mass is 254 g/mol. The van der Waals surface area contributed by atoms with Crippen molar-refractivity contribution in [3.63, 3.8) is 0 Å². The summed E-state index contributed by atoms with van der Waals surface area (Å²) < 4.78 is 5.43. The first kappa shape index (κ1) is 14.2. The summed E-state index contributed by atoms with van der Waals surface area (Å²) in [5.41, 5.74) is 2.46. The van der Waals surface area contributed by atoms with Crippen LogP contribution in [0.4, 0.5) is 0 Å². The van der Waals surface area contributed by atoms with Gasteiger partial charge in [-0.25, -0.2) is 5.84 Å². The highest BCUT2D eigenvalue weighted by Gasteiger charge is 2.15. The Kier molecular flexibility index (Phi) is 4.87. The predicted octanol–water partition coefficient (Wildman–Crippen LogP) is -0.631. The summed E-state index contributed by atoms with van der Waals surface area (Å²) in [4.78, 5) is 24.3. The quantitative estimate of drug-likeness (QED) is 0.369. The molecule has 0 aromatic carbocycles. The Morgan fingerprint density at radius 3 is 2.72 bits per heavy atom. The second-order valence-corrected chi connectivity index (χ2v) is 4.00. The number of furan rings is 1. The van der Waals surface area contributed by atoms with Gasteiger partial charge in [-0.05, 0) is 20.0 Å². The minimum Gasteiger partial charge on any atom is -0.464 e. The molecule has 1 aromatic heterocycles. The van der Waals surface area contributed by atoms with Crippen molar-refractivity contribution in [3.05, 3.63) is 23.2 Å². The number of nitrogens with zero attached hydrogens (tertiary/aromatic N) is 1. The average Bonchev–Trinajstić information content (AvgIpc) is 2.68. The van der Waals surface area contributed by atoms with E-state index >= 15 is 0 Å². The molecule has 7 heteroatoms. The predicted molar refractivity (Wildman–Crippen MR) is 65.5 cm³/mol. The normalized spacial score (nSPS) is 10.5. The maximum atomic E-state index is 11.4. The number of likely N-dealkylation sites (N-methyl/N-ethyl adjacent to an activating group) is 2. The first-order chi connectivity index (χ1) is 8.47. The molecular weight excluding hydrogens is 236 g/mol. The summed E-state index contributed by atoms with van der Waals surface area (Å²) in [5, 5.41) is 2.53. The molecule has 0 aliphatic rings. The molecule has 0 atom stereocenters. The van der Waals surface area contributed by atoms with Gasteiger partial charge in [-0.1, -0.05) is 0 Å². The van der Waals surface area contributed by atoms with E-state index < -0.39 is 5.91 Å². The highest BCUT2D eigenvalue weighted by atomic mass is 16.3. The molecule has 7 nitrogen and oxygen atoms in total. The Morgan fingerprint density at radius 1 is 1.50 bits per heavy atom. The van der Waals surface area contributed by atoms with E-state index in [2.05, 4.69) is 10.7 Å². The molecule has 0 aliphatic heterocycles. The first-order valence-corrected chi connectivity index (χ1v) is 5.47. The van der Waals surface area contributed by atoms with Crippen LogP contribution in [0.3, 0.4) is 0 Å². The number of aryl methyl sites for hydroxylation is 1. The van der Waals surface area contributed by atoms with Gasteiger partial charge in [-0.15, -0.1) is 0 Å². The van der Waals surface area contributed by atoms with Crippen molar-refractivity contribution < 1.29 is 14.0 Å². The molecule has 0 bridgehead atoms. The molecule has 1 rings (SSSR count). The maximum Gasteiger partial charge on any atom is 0.268 e. The number of hydrogen-bond donors (Lipinski definition) is 3.